The normalized spacial score (nSPS) is 23.5. The Balaban J connectivity index is 2.73. The summed E-state index contributed by atoms with van der Waals surface area (Å²) in [5.41, 5.74) is 0. The molecule has 0 aromatic carbocycles. The molecule has 0 aromatic heterocycles. The Morgan fingerprint density at radius 3 is 2.40 bits per heavy atom. The third-order valence-corrected chi connectivity index (χ3v) is 4.60. The van der Waals surface area contributed by atoms with Gasteiger partial charge >= 0.3 is 7.75 Å². The molecule has 0 spiro atoms. The lowest BCUT2D eigenvalue weighted by atomic mass is 10.4. The van der Waals surface area contributed by atoms with E-state index in [4.69, 9.17) is 13.8 Å². The molecule has 90 valence electrons. The summed E-state index contributed by atoms with van der Waals surface area (Å²) in [6, 6.07) is 0. The first-order chi connectivity index (χ1) is 7.18. The predicted octanol–water partition coefficient (Wildman–Crippen LogP) is 2.24. The molecule has 1 aliphatic rings. The van der Waals surface area contributed by atoms with Gasteiger partial charge in [-0.15, -0.1) is 0 Å². The van der Waals surface area contributed by atoms with Gasteiger partial charge in [0.2, 0.25) is 0 Å². The summed E-state index contributed by atoms with van der Waals surface area (Å²) < 4.78 is 29.9. The zero-order valence-electron chi connectivity index (χ0n) is 9.64. The van der Waals surface area contributed by atoms with Crippen LogP contribution in [0.1, 0.15) is 26.7 Å². The lowest BCUT2D eigenvalue weighted by molar-refractivity contribution is 0.0176. The second kappa shape index (κ2) is 5.97. The molecule has 0 bridgehead atoms. The Morgan fingerprint density at radius 2 is 1.93 bits per heavy atom. The minimum atomic E-state index is -3.13. The van der Waals surface area contributed by atoms with Crippen molar-refractivity contribution in [2.45, 2.75) is 32.9 Å². The van der Waals surface area contributed by atoms with Gasteiger partial charge in [0.1, 0.15) is 6.23 Å². The summed E-state index contributed by atoms with van der Waals surface area (Å²) in [6.45, 7) is 5.08. The van der Waals surface area contributed by atoms with Crippen LogP contribution in [-0.4, -0.2) is 37.8 Å². The van der Waals surface area contributed by atoms with E-state index in [1.54, 1.807) is 11.8 Å². The second-order valence-electron chi connectivity index (χ2n) is 3.30. The van der Waals surface area contributed by atoms with Gasteiger partial charge in [0.15, 0.2) is 0 Å². The van der Waals surface area contributed by atoms with Crippen molar-refractivity contribution in [2.75, 3.05) is 26.9 Å². The highest BCUT2D eigenvalue weighted by molar-refractivity contribution is 7.51. The van der Waals surface area contributed by atoms with Crippen molar-refractivity contribution in [1.29, 1.82) is 0 Å². The van der Waals surface area contributed by atoms with Crippen molar-refractivity contribution >= 4 is 7.75 Å². The van der Waals surface area contributed by atoms with Crippen molar-refractivity contribution in [1.82, 2.24) is 4.67 Å². The molecule has 0 radical (unpaired) electrons. The van der Waals surface area contributed by atoms with E-state index in [-0.39, 0.29) is 6.23 Å². The van der Waals surface area contributed by atoms with Crippen molar-refractivity contribution in [2.24, 2.45) is 0 Å². The summed E-state index contributed by atoms with van der Waals surface area (Å²) in [5.74, 6) is 0. The molecule has 1 rings (SSSR count). The maximum Gasteiger partial charge on any atom is 0.410 e. The monoisotopic (exact) mass is 237 g/mol. The fraction of sp³-hybridized carbons (Fsp3) is 1.00. The molecule has 0 amide bonds. The number of rotatable bonds is 6. The largest absolute Gasteiger partial charge is 0.410 e. The molecule has 1 unspecified atom stereocenters. The molecular formula is C9H20NO4P. The van der Waals surface area contributed by atoms with Gasteiger partial charge < -0.3 is 4.74 Å². The number of nitrogens with zero attached hydrogens (tertiary/aromatic N) is 1. The highest BCUT2D eigenvalue weighted by Gasteiger charge is 2.41. The van der Waals surface area contributed by atoms with E-state index in [9.17, 15) is 4.57 Å². The zero-order valence-corrected chi connectivity index (χ0v) is 10.5. The molecule has 1 aliphatic heterocycles. The van der Waals surface area contributed by atoms with Crippen molar-refractivity contribution < 1.29 is 18.3 Å². The van der Waals surface area contributed by atoms with E-state index in [2.05, 4.69) is 0 Å². The van der Waals surface area contributed by atoms with Crippen LogP contribution in [0.25, 0.3) is 0 Å². The highest BCUT2D eigenvalue weighted by Crippen LogP contribution is 2.55. The van der Waals surface area contributed by atoms with Gasteiger partial charge in [-0.1, -0.05) is 0 Å². The molecule has 1 saturated heterocycles. The molecule has 1 atom stereocenters. The first-order valence-electron chi connectivity index (χ1n) is 5.37. The van der Waals surface area contributed by atoms with Gasteiger partial charge in [0, 0.05) is 13.7 Å². The average Bonchev–Trinajstić information content (AvgIpc) is 2.66. The number of hydrogen-bond donors (Lipinski definition) is 0. The van der Waals surface area contributed by atoms with Crippen LogP contribution >= 0.6 is 7.75 Å². The van der Waals surface area contributed by atoms with Crippen LogP contribution in [0.4, 0.5) is 0 Å². The Bertz CT molecular complexity index is 226. The maximum absolute atomic E-state index is 12.4. The first kappa shape index (κ1) is 13.1. The first-order valence-corrected chi connectivity index (χ1v) is 6.86. The summed E-state index contributed by atoms with van der Waals surface area (Å²) in [7, 11) is -1.52. The van der Waals surface area contributed by atoms with Crippen molar-refractivity contribution in [3.05, 3.63) is 0 Å². The number of hydrogen-bond acceptors (Lipinski definition) is 4. The van der Waals surface area contributed by atoms with Crippen LogP contribution < -0.4 is 0 Å². The Morgan fingerprint density at radius 1 is 1.33 bits per heavy atom. The van der Waals surface area contributed by atoms with E-state index >= 15 is 0 Å². The molecular weight excluding hydrogens is 217 g/mol. The summed E-state index contributed by atoms with van der Waals surface area (Å²) in [4.78, 5) is 0. The van der Waals surface area contributed by atoms with Gasteiger partial charge in [0.25, 0.3) is 0 Å². The fourth-order valence-electron chi connectivity index (χ4n) is 1.75. The van der Waals surface area contributed by atoms with E-state index in [0.717, 1.165) is 12.8 Å². The summed E-state index contributed by atoms with van der Waals surface area (Å²) in [6.07, 6.45) is 1.69. The Kier molecular flexibility index (Phi) is 5.23. The fourth-order valence-corrected chi connectivity index (χ4v) is 3.69. The second-order valence-corrected chi connectivity index (χ2v) is 5.27. The lowest BCUT2D eigenvalue weighted by Crippen LogP contribution is -2.29. The SMILES string of the molecule is CCOP(=O)(OCC)N1CCCC1OC. The molecule has 0 aliphatic carbocycles. The zero-order chi connectivity index (χ0) is 11.3. The van der Waals surface area contributed by atoms with E-state index in [0.29, 0.717) is 19.8 Å². The van der Waals surface area contributed by atoms with Crippen LogP contribution in [0.5, 0.6) is 0 Å². The molecule has 0 N–H and O–H groups in total. The number of methoxy groups -OCH3 is 1. The molecule has 0 saturated carbocycles. The van der Waals surface area contributed by atoms with Crippen LogP contribution in [-0.2, 0) is 18.3 Å². The molecule has 1 fully saturated rings. The molecule has 6 heteroatoms. The van der Waals surface area contributed by atoms with E-state index < -0.39 is 7.75 Å². The van der Waals surface area contributed by atoms with Gasteiger partial charge in [0.05, 0.1) is 13.2 Å². The Labute approximate surface area is 91.3 Å². The smallest absolute Gasteiger partial charge is 0.366 e. The summed E-state index contributed by atoms with van der Waals surface area (Å²) in [5, 5.41) is 0. The lowest BCUT2D eigenvalue weighted by Gasteiger charge is -2.29. The van der Waals surface area contributed by atoms with Gasteiger partial charge in [-0.05, 0) is 26.7 Å². The van der Waals surface area contributed by atoms with Crippen molar-refractivity contribution in [3.8, 4) is 0 Å². The molecule has 1 heterocycles. The molecule has 15 heavy (non-hydrogen) atoms. The van der Waals surface area contributed by atoms with Gasteiger partial charge in [-0.2, -0.15) is 4.67 Å². The van der Waals surface area contributed by atoms with Crippen molar-refractivity contribution in [3.63, 3.8) is 0 Å². The van der Waals surface area contributed by atoms with Gasteiger partial charge in [-0.3, -0.25) is 9.05 Å². The molecule has 5 nitrogen and oxygen atoms in total. The number of ether oxygens (including phenoxy) is 1. The third kappa shape index (κ3) is 3.02. The topological polar surface area (TPSA) is 48.0 Å². The summed E-state index contributed by atoms with van der Waals surface area (Å²) >= 11 is 0. The standard InChI is InChI=1S/C9H20NO4P/c1-4-13-15(11,14-5-2)10-8-6-7-9(10)12-3/h9H,4-8H2,1-3H3. The minimum absolute atomic E-state index is 0.145. The minimum Gasteiger partial charge on any atom is -0.366 e. The molecule has 0 aromatic rings. The van der Waals surface area contributed by atoms with Gasteiger partial charge in [-0.25, -0.2) is 4.57 Å². The average molecular weight is 237 g/mol. The maximum atomic E-state index is 12.4. The van der Waals surface area contributed by atoms with E-state index in [1.165, 1.54) is 0 Å². The highest BCUT2D eigenvalue weighted by atomic mass is 31.2. The van der Waals surface area contributed by atoms with E-state index in [1.807, 2.05) is 13.8 Å². The Hall–Kier alpha value is 0.0700. The quantitative estimate of drug-likeness (QED) is 0.663. The van der Waals surface area contributed by atoms with Crippen LogP contribution in [0.3, 0.4) is 0 Å². The third-order valence-electron chi connectivity index (χ3n) is 2.34. The predicted molar refractivity (Wildman–Crippen MR) is 57.6 cm³/mol. The van der Waals surface area contributed by atoms with Crippen LogP contribution in [0, 0.1) is 0 Å². The van der Waals surface area contributed by atoms with Crippen LogP contribution in [0.15, 0.2) is 0 Å². The van der Waals surface area contributed by atoms with Crippen LogP contribution in [0.2, 0.25) is 0 Å².